The summed E-state index contributed by atoms with van der Waals surface area (Å²) in [5.41, 5.74) is 13.8. The number of alkyl halides is 1. The van der Waals surface area contributed by atoms with Gasteiger partial charge in [-0.2, -0.15) is 0 Å². The molecule has 0 spiro atoms. The number of benzene rings is 7. The number of anilines is 5. The molecule has 7 aromatic carbocycles. The van der Waals surface area contributed by atoms with Crippen LogP contribution in [0, 0.1) is 0 Å². The Morgan fingerprint density at radius 1 is 0.618 bits per heavy atom. The summed E-state index contributed by atoms with van der Waals surface area (Å²) in [7, 11) is 0. The van der Waals surface area contributed by atoms with E-state index in [1.807, 2.05) is 18.2 Å². The number of fused-ring (bicyclic) bond motifs is 6. The molecule has 0 saturated carbocycles. The van der Waals surface area contributed by atoms with Gasteiger partial charge in [-0.3, -0.25) is 0 Å². The average molecular weight is 891 g/mol. The van der Waals surface area contributed by atoms with Crippen molar-refractivity contribution in [1.82, 2.24) is 9.13 Å². The van der Waals surface area contributed by atoms with Crippen LogP contribution in [0.25, 0.3) is 60.6 Å². The summed E-state index contributed by atoms with van der Waals surface area (Å²) in [6, 6.07) is 60.5. The minimum atomic E-state index is -0.949. The molecule has 0 saturated heterocycles. The number of hydrogen-bond acceptors (Lipinski definition) is 2. The summed E-state index contributed by atoms with van der Waals surface area (Å²) < 4.78 is 32.7. The quantitative estimate of drug-likeness (QED) is 0.120. The van der Waals surface area contributed by atoms with Gasteiger partial charge >= 0.3 is 0 Å². The number of para-hydroxylation sites is 4. The van der Waals surface area contributed by atoms with Crippen molar-refractivity contribution in [2.45, 2.75) is 51.7 Å². The SMILES string of the molecule is CC/C(=C\C=C(/C)F)n1c2ccccc2c2cc(N(c3ccccc3)[C@@]3(C)C=CC(c4ccc(N(c5ccccc5)c5ccc6c(c5)c5ccccc5n6C5=CCC(F)C=C5)cc4)=CC3)ccc21. The summed E-state index contributed by atoms with van der Waals surface area (Å²) in [4.78, 5) is 4.78. The summed E-state index contributed by atoms with van der Waals surface area (Å²) in [5, 5.41) is 4.62. The van der Waals surface area contributed by atoms with E-state index in [-0.39, 0.29) is 11.4 Å². The van der Waals surface area contributed by atoms with Crippen LogP contribution in [-0.2, 0) is 0 Å². The van der Waals surface area contributed by atoms with Crippen molar-refractivity contribution in [1.29, 1.82) is 0 Å². The van der Waals surface area contributed by atoms with Crippen LogP contribution in [0.5, 0.6) is 0 Å². The molecule has 2 heterocycles. The fourth-order valence-electron chi connectivity index (χ4n) is 10.3. The lowest BCUT2D eigenvalue weighted by Gasteiger charge is -2.42. The molecule has 6 heteroatoms. The van der Waals surface area contributed by atoms with Crippen LogP contribution < -0.4 is 9.80 Å². The summed E-state index contributed by atoms with van der Waals surface area (Å²) in [6.45, 7) is 5.92. The molecule has 1 unspecified atom stereocenters. The van der Waals surface area contributed by atoms with Crippen molar-refractivity contribution < 1.29 is 8.78 Å². The minimum Gasteiger partial charge on any atom is -0.332 e. The third-order valence-corrected chi connectivity index (χ3v) is 13.6. The molecule has 2 aromatic heterocycles. The highest BCUT2D eigenvalue weighted by molar-refractivity contribution is 6.13. The number of allylic oxidation sites excluding steroid dienone is 10. The van der Waals surface area contributed by atoms with Crippen LogP contribution >= 0.6 is 0 Å². The number of rotatable bonds is 11. The fourth-order valence-corrected chi connectivity index (χ4v) is 10.3. The summed E-state index contributed by atoms with van der Waals surface area (Å²) in [5.74, 6) is -0.215. The zero-order valence-electron chi connectivity index (χ0n) is 38.5. The third-order valence-electron chi connectivity index (χ3n) is 13.6. The standard InChI is InChI=1S/C62H52F2N4/c1-4-47(28-23-43(2)63)66-58-21-13-11-20-55(58)57-42-53(34-36-60(57)66)68(51-17-9-6-10-18-51)62(3)39-37-45(38-40-62)44-24-29-49(30-25-44)65(48-15-7-5-8-16-48)52-33-35-61-56(41-52)54-19-12-14-22-59(54)67(61)50-31-26-46(64)27-32-50/h5-26,28-39,41-42,46H,4,27,40H2,1-3H3/b43-23+,47-28+/t46?,62-/m0/s1. The molecule has 68 heavy (non-hydrogen) atoms. The molecule has 11 rings (SSSR count). The van der Waals surface area contributed by atoms with Crippen molar-refractivity contribution >= 4 is 89.0 Å². The van der Waals surface area contributed by atoms with E-state index in [1.165, 1.54) is 12.5 Å². The monoisotopic (exact) mass is 890 g/mol. The van der Waals surface area contributed by atoms with Crippen LogP contribution in [0.3, 0.4) is 0 Å². The van der Waals surface area contributed by atoms with Gasteiger partial charge in [-0.25, -0.2) is 8.78 Å². The van der Waals surface area contributed by atoms with Gasteiger partial charge in [0.2, 0.25) is 0 Å². The van der Waals surface area contributed by atoms with E-state index in [2.05, 4.69) is 221 Å². The van der Waals surface area contributed by atoms with Crippen LogP contribution in [-0.4, -0.2) is 20.8 Å². The van der Waals surface area contributed by atoms with Crippen molar-refractivity contribution in [3.63, 3.8) is 0 Å². The molecule has 0 aliphatic heterocycles. The normalized spacial score (nSPS) is 17.6. The largest absolute Gasteiger partial charge is 0.332 e. The third kappa shape index (κ3) is 7.66. The average Bonchev–Trinajstić information content (AvgIpc) is 3.88. The summed E-state index contributed by atoms with van der Waals surface area (Å²) >= 11 is 0. The van der Waals surface area contributed by atoms with Gasteiger partial charge in [0.1, 0.15) is 6.17 Å². The lowest BCUT2D eigenvalue weighted by Crippen LogP contribution is -2.42. The first-order chi connectivity index (χ1) is 33.3. The van der Waals surface area contributed by atoms with Gasteiger partial charge in [-0.1, -0.05) is 116 Å². The van der Waals surface area contributed by atoms with Crippen LogP contribution in [0.4, 0.5) is 37.2 Å². The van der Waals surface area contributed by atoms with E-state index in [0.29, 0.717) is 6.42 Å². The maximum absolute atomic E-state index is 14.2. The highest BCUT2D eigenvalue weighted by Gasteiger charge is 2.33. The van der Waals surface area contributed by atoms with Crippen molar-refractivity contribution in [2.75, 3.05) is 9.80 Å². The first kappa shape index (κ1) is 42.7. The van der Waals surface area contributed by atoms with Gasteiger partial charge in [0, 0.05) is 67.8 Å². The van der Waals surface area contributed by atoms with Crippen molar-refractivity contribution in [2.24, 2.45) is 0 Å². The van der Waals surface area contributed by atoms with E-state index in [4.69, 9.17) is 0 Å². The molecule has 0 bridgehead atoms. The van der Waals surface area contributed by atoms with Gasteiger partial charge in [0.25, 0.3) is 0 Å². The number of halogens is 2. The molecule has 2 aliphatic carbocycles. The second kappa shape index (κ2) is 17.7. The molecule has 0 amide bonds. The van der Waals surface area contributed by atoms with Crippen LogP contribution in [0.1, 0.15) is 45.6 Å². The number of nitrogens with zero attached hydrogens (tertiary/aromatic N) is 4. The molecular weight excluding hydrogens is 839 g/mol. The number of hydrogen-bond donors (Lipinski definition) is 0. The van der Waals surface area contributed by atoms with Gasteiger partial charge in [-0.05, 0) is 147 Å². The van der Waals surface area contributed by atoms with E-state index in [1.54, 1.807) is 12.2 Å². The predicted octanol–water partition coefficient (Wildman–Crippen LogP) is 17.6. The molecule has 0 radical (unpaired) electrons. The lowest BCUT2D eigenvalue weighted by atomic mass is 9.85. The molecule has 2 atom stereocenters. The predicted molar refractivity (Wildman–Crippen MR) is 285 cm³/mol. The molecule has 0 fully saturated rings. The maximum Gasteiger partial charge on any atom is 0.122 e. The number of aromatic nitrogens is 2. The van der Waals surface area contributed by atoms with Gasteiger partial charge in [0.05, 0.1) is 33.4 Å². The van der Waals surface area contributed by atoms with E-state index >= 15 is 0 Å². The van der Waals surface area contributed by atoms with Gasteiger partial charge in [-0.15, -0.1) is 0 Å². The van der Waals surface area contributed by atoms with Crippen molar-refractivity contribution in [3.05, 3.63) is 230 Å². The topological polar surface area (TPSA) is 16.3 Å². The zero-order valence-corrected chi connectivity index (χ0v) is 38.5. The van der Waals surface area contributed by atoms with E-state index in [0.717, 1.165) is 102 Å². The molecule has 2 aliphatic rings. The van der Waals surface area contributed by atoms with E-state index in [9.17, 15) is 8.78 Å². The Morgan fingerprint density at radius 2 is 1.19 bits per heavy atom. The van der Waals surface area contributed by atoms with Crippen molar-refractivity contribution in [3.8, 4) is 0 Å². The van der Waals surface area contributed by atoms with Gasteiger partial charge in [0.15, 0.2) is 0 Å². The Bertz CT molecular complexity index is 3550. The zero-order chi connectivity index (χ0) is 46.4. The molecule has 9 aromatic rings. The Labute approximate surface area is 396 Å². The highest BCUT2D eigenvalue weighted by atomic mass is 19.1. The first-order valence-electron chi connectivity index (χ1n) is 23.6. The Morgan fingerprint density at radius 3 is 1.87 bits per heavy atom. The summed E-state index contributed by atoms with van der Waals surface area (Å²) in [6.07, 6.45) is 17.0. The van der Waals surface area contributed by atoms with Gasteiger partial charge < -0.3 is 18.9 Å². The lowest BCUT2D eigenvalue weighted by molar-refractivity contribution is 0.402. The Kier molecular flexibility index (Phi) is 11.1. The second-order valence-corrected chi connectivity index (χ2v) is 18.1. The fraction of sp³-hybridized carbons (Fsp3) is 0.129. The smallest absolute Gasteiger partial charge is 0.122 e. The molecule has 0 N–H and O–H groups in total. The van der Waals surface area contributed by atoms with Crippen LogP contribution in [0.2, 0.25) is 0 Å². The first-order valence-corrected chi connectivity index (χ1v) is 23.6. The maximum atomic E-state index is 14.2. The van der Waals surface area contributed by atoms with E-state index < -0.39 is 6.17 Å². The Balaban J connectivity index is 0.928. The minimum absolute atomic E-state index is 0.215. The molecule has 334 valence electrons. The highest BCUT2D eigenvalue weighted by Crippen LogP contribution is 2.44. The van der Waals surface area contributed by atoms with Crippen LogP contribution in [0.15, 0.2) is 224 Å². The molecule has 4 nitrogen and oxygen atoms in total. The Hall–Kier alpha value is -7.96. The second-order valence-electron chi connectivity index (χ2n) is 18.1. The molecular formula is C62H52F2N4.